The highest BCUT2D eigenvalue weighted by molar-refractivity contribution is 6.00. The molecule has 0 bridgehead atoms. The number of amides is 2. The van der Waals surface area contributed by atoms with Crippen LogP contribution in [0.15, 0.2) is 71.3 Å². The number of nitrogens with one attached hydrogen (secondary N) is 1. The minimum Gasteiger partial charge on any atom is -0.459 e. The van der Waals surface area contributed by atoms with Crippen molar-refractivity contribution in [3.05, 3.63) is 83.8 Å². The monoisotopic (exact) mass is 417 g/mol. The third-order valence-corrected chi connectivity index (χ3v) is 5.81. The molecule has 1 aromatic heterocycles. The highest BCUT2D eigenvalue weighted by Crippen LogP contribution is 2.26. The highest BCUT2D eigenvalue weighted by atomic mass is 16.3. The number of nitrogens with zero attached hydrogens (tertiary/aromatic N) is 2. The molecule has 1 N–H and O–H groups in total. The first-order chi connectivity index (χ1) is 15.1. The van der Waals surface area contributed by atoms with Gasteiger partial charge >= 0.3 is 0 Å². The zero-order chi connectivity index (χ0) is 21.8. The molecule has 0 radical (unpaired) electrons. The van der Waals surface area contributed by atoms with Crippen molar-refractivity contribution < 1.29 is 14.0 Å². The van der Waals surface area contributed by atoms with E-state index in [1.165, 1.54) is 6.26 Å². The summed E-state index contributed by atoms with van der Waals surface area (Å²) in [5.41, 5.74) is 3.97. The third kappa shape index (κ3) is 4.33. The average Bonchev–Trinajstić information content (AvgIpc) is 3.34. The third-order valence-electron chi connectivity index (χ3n) is 5.81. The first-order valence-corrected chi connectivity index (χ1v) is 10.7. The van der Waals surface area contributed by atoms with Crippen molar-refractivity contribution >= 4 is 23.2 Å². The molecule has 1 aliphatic heterocycles. The van der Waals surface area contributed by atoms with E-state index in [-0.39, 0.29) is 17.6 Å². The summed E-state index contributed by atoms with van der Waals surface area (Å²) in [5.74, 6) is -0.248. The van der Waals surface area contributed by atoms with E-state index in [1.807, 2.05) is 48.5 Å². The molecule has 0 saturated heterocycles. The van der Waals surface area contributed by atoms with Crippen molar-refractivity contribution in [2.24, 2.45) is 0 Å². The molecule has 6 nitrogen and oxygen atoms in total. The van der Waals surface area contributed by atoms with Crippen LogP contribution < -0.4 is 10.2 Å². The van der Waals surface area contributed by atoms with Gasteiger partial charge in [0.1, 0.15) is 6.04 Å². The van der Waals surface area contributed by atoms with Crippen molar-refractivity contribution in [3.63, 3.8) is 0 Å². The maximum absolute atomic E-state index is 13.2. The number of hydrogen-bond donors (Lipinski definition) is 1. The molecule has 1 atom stereocenters. The molecule has 1 aliphatic rings. The molecule has 2 heterocycles. The minimum atomic E-state index is -0.616. The van der Waals surface area contributed by atoms with Crippen LogP contribution in [0.4, 0.5) is 11.4 Å². The predicted molar refractivity (Wildman–Crippen MR) is 121 cm³/mol. The summed E-state index contributed by atoms with van der Waals surface area (Å²) in [6.45, 7) is 6.45. The quantitative estimate of drug-likeness (QED) is 0.648. The summed E-state index contributed by atoms with van der Waals surface area (Å²) in [6, 6.07) is 18.4. The van der Waals surface area contributed by atoms with Crippen molar-refractivity contribution in [3.8, 4) is 0 Å². The van der Waals surface area contributed by atoms with E-state index >= 15 is 0 Å². The Kier molecular flexibility index (Phi) is 6.07. The van der Waals surface area contributed by atoms with Gasteiger partial charge in [0, 0.05) is 37.4 Å². The lowest BCUT2D eigenvalue weighted by atomic mass is 9.93. The number of fused-ring (bicyclic) bond motifs is 1. The summed E-state index contributed by atoms with van der Waals surface area (Å²) in [6.07, 6.45) is 1.93. The number of carbonyl (C=O) groups excluding carboxylic acids is 2. The Hall–Kier alpha value is -3.54. The van der Waals surface area contributed by atoms with Crippen molar-refractivity contribution in [1.29, 1.82) is 0 Å². The minimum absolute atomic E-state index is 0.204. The van der Waals surface area contributed by atoms with Gasteiger partial charge in [-0.15, -0.1) is 0 Å². The standard InChI is InChI=1S/C25H27N3O3/c1-3-27(4-2)21-13-11-20(12-14-21)26-24(29)22-16-18-8-5-6-9-19(18)17-28(22)25(30)23-10-7-15-31-23/h5-15,22H,3-4,16-17H2,1-2H3,(H,26,29). The normalized spacial score (nSPS) is 15.3. The zero-order valence-electron chi connectivity index (χ0n) is 17.9. The van der Waals surface area contributed by atoms with E-state index in [0.717, 1.165) is 29.9 Å². The number of carbonyl (C=O) groups is 2. The Morgan fingerprint density at radius 3 is 2.35 bits per heavy atom. The molecular weight excluding hydrogens is 390 g/mol. The predicted octanol–water partition coefficient (Wildman–Crippen LogP) is 4.33. The number of furan rings is 1. The van der Waals surface area contributed by atoms with Gasteiger partial charge in [-0.05, 0) is 61.4 Å². The van der Waals surface area contributed by atoms with Crippen LogP contribution in [0.5, 0.6) is 0 Å². The second-order valence-electron chi connectivity index (χ2n) is 7.61. The van der Waals surface area contributed by atoms with Crippen LogP contribution in [0.2, 0.25) is 0 Å². The maximum atomic E-state index is 13.2. The lowest BCUT2D eigenvalue weighted by Gasteiger charge is -2.35. The van der Waals surface area contributed by atoms with E-state index < -0.39 is 6.04 Å². The number of benzene rings is 2. The molecule has 6 heteroatoms. The molecule has 0 aliphatic carbocycles. The van der Waals surface area contributed by atoms with E-state index in [0.29, 0.717) is 18.7 Å². The summed E-state index contributed by atoms with van der Waals surface area (Å²) >= 11 is 0. The van der Waals surface area contributed by atoms with Gasteiger partial charge in [-0.3, -0.25) is 9.59 Å². The molecule has 3 aromatic rings. The van der Waals surface area contributed by atoms with E-state index in [9.17, 15) is 9.59 Å². The van der Waals surface area contributed by atoms with Gasteiger partial charge in [0.2, 0.25) is 5.91 Å². The topological polar surface area (TPSA) is 65.8 Å². The van der Waals surface area contributed by atoms with E-state index in [2.05, 4.69) is 24.1 Å². The molecule has 0 fully saturated rings. The fourth-order valence-corrected chi connectivity index (χ4v) is 4.08. The Labute approximate surface area is 182 Å². The first-order valence-electron chi connectivity index (χ1n) is 10.7. The molecule has 2 amide bonds. The molecule has 2 aromatic carbocycles. The van der Waals surface area contributed by atoms with Gasteiger partial charge in [-0.2, -0.15) is 0 Å². The van der Waals surface area contributed by atoms with Gasteiger partial charge < -0.3 is 19.5 Å². The van der Waals surface area contributed by atoms with Crippen LogP contribution in [0, 0.1) is 0 Å². The molecule has 31 heavy (non-hydrogen) atoms. The molecule has 0 spiro atoms. The molecular formula is C25H27N3O3. The summed E-state index contributed by atoms with van der Waals surface area (Å²) in [4.78, 5) is 30.2. The van der Waals surface area contributed by atoms with Gasteiger partial charge in [0.05, 0.1) is 6.26 Å². The van der Waals surface area contributed by atoms with E-state index in [4.69, 9.17) is 4.42 Å². The lowest BCUT2D eigenvalue weighted by Crippen LogP contribution is -2.50. The summed E-state index contributed by atoms with van der Waals surface area (Å²) < 4.78 is 5.31. The number of rotatable bonds is 6. The Balaban J connectivity index is 1.56. The fraction of sp³-hybridized carbons (Fsp3) is 0.280. The van der Waals surface area contributed by atoms with Crippen molar-refractivity contribution in [2.45, 2.75) is 32.9 Å². The van der Waals surface area contributed by atoms with Gasteiger partial charge in [-0.25, -0.2) is 0 Å². The van der Waals surface area contributed by atoms with Crippen LogP contribution >= 0.6 is 0 Å². The van der Waals surface area contributed by atoms with Crippen molar-refractivity contribution in [2.75, 3.05) is 23.3 Å². The molecule has 0 saturated carbocycles. The van der Waals surface area contributed by atoms with Crippen LogP contribution in [0.3, 0.4) is 0 Å². The molecule has 4 rings (SSSR count). The van der Waals surface area contributed by atoms with Gasteiger partial charge in [0.25, 0.3) is 5.91 Å². The van der Waals surface area contributed by atoms with Crippen LogP contribution in [0.1, 0.15) is 35.5 Å². The van der Waals surface area contributed by atoms with Gasteiger partial charge in [0.15, 0.2) is 5.76 Å². The van der Waals surface area contributed by atoms with Crippen LogP contribution in [0.25, 0.3) is 0 Å². The van der Waals surface area contributed by atoms with E-state index in [1.54, 1.807) is 17.0 Å². The van der Waals surface area contributed by atoms with Crippen LogP contribution in [-0.4, -0.2) is 35.8 Å². The lowest BCUT2D eigenvalue weighted by molar-refractivity contribution is -0.121. The Bertz CT molecular complexity index is 1040. The highest BCUT2D eigenvalue weighted by Gasteiger charge is 2.36. The second kappa shape index (κ2) is 9.08. The summed E-state index contributed by atoms with van der Waals surface area (Å²) in [7, 11) is 0. The number of hydrogen-bond acceptors (Lipinski definition) is 4. The SMILES string of the molecule is CCN(CC)c1ccc(NC(=O)C2Cc3ccccc3CN2C(=O)c2ccco2)cc1. The second-order valence-corrected chi connectivity index (χ2v) is 7.61. The molecule has 160 valence electrons. The van der Waals surface area contributed by atoms with Crippen LogP contribution in [-0.2, 0) is 17.8 Å². The number of anilines is 2. The maximum Gasteiger partial charge on any atom is 0.290 e. The Morgan fingerprint density at radius 2 is 1.71 bits per heavy atom. The van der Waals surface area contributed by atoms with Crippen molar-refractivity contribution in [1.82, 2.24) is 4.90 Å². The smallest absolute Gasteiger partial charge is 0.290 e. The zero-order valence-corrected chi connectivity index (χ0v) is 17.9. The fourth-order valence-electron chi connectivity index (χ4n) is 4.08. The molecule has 1 unspecified atom stereocenters. The van der Waals surface area contributed by atoms with Gasteiger partial charge in [-0.1, -0.05) is 24.3 Å². The Morgan fingerprint density at radius 1 is 1.00 bits per heavy atom. The first kappa shape index (κ1) is 20.7. The largest absolute Gasteiger partial charge is 0.459 e. The summed E-state index contributed by atoms with van der Waals surface area (Å²) in [5, 5.41) is 2.99. The average molecular weight is 418 g/mol.